The molecule has 0 bridgehead atoms. The Bertz CT molecular complexity index is 620. The van der Waals surface area contributed by atoms with Crippen molar-refractivity contribution in [3.63, 3.8) is 0 Å². The van der Waals surface area contributed by atoms with Crippen LogP contribution in [0.15, 0.2) is 54.6 Å². The number of Topliss-reactive ketones (excluding diaryl/α,β-unsaturated/α-hetero) is 1. The van der Waals surface area contributed by atoms with E-state index >= 15 is 0 Å². The van der Waals surface area contributed by atoms with E-state index in [0.717, 1.165) is 31.5 Å². The van der Waals surface area contributed by atoms with Crippen molar-refractivity contribution in [3.8, 4) is 0 Å². The lowest BCUT2D eigenvalue weighted by atomic mass is 10.0. The molecule has 0 heterocycles. The highest BCUT2D eigenvalue weighted by Crippen LogP contribution is 2.28. The number of nitrogens with zero attached hydrogens (tertiary/aromatic N) is 1. The Morgan fingerprint density at radius 2 is 1.76 bits per heavy atom. The SMILES string of the molecule is CN(CCC1Cc2ccccc2C1=O)Cc1ccccc1. The van der Waals surface area contributed by atoms with Crippen LogP contribution < -0.4 is 0 Å². The van der Waals surface area contributed by atoms with Crippen molar-refractivity contribution in [2.75, 3.05) is 13.6 Å². The summed E-state index contributed by atoms with van der Waals surface area (Å²) in [4.78, 5) is 14.6. The van der Waals surface area contributed by atoms with Gasteiger partial charge in [-0.3, -0.25) is 4.79 Å². The first-order valence-corrected chi connectivity index (χ1v) is 7.58. The lowest BCUT2D eigenvalue weighted by molar-refractivity contribution is 0.0923. The molecule has 0 spiro atoms. The number of hydrogen-bond acceptors (Lipinski definition) is 2. The molecule has 2 heteroatoms. The largest absolute Gasteiger partial charge is 0.302 e. The molecule has 1 aliphatic rings. The molecule has 108 valence electrons. The lowest BCUT2D eigenvalue weighted by Gasteiger charge is -2.18. The second kappa shape index (κ2) is 6.23. The quantitative estimate of drug-likeness (QED) is 0.834. The molecule has 0 saturated carbocycles. The van der Waals surface area contributed by atoms with Gasteiger partial charge in [0, 0.05) is 18.0 Å². The molecule has 0 saturated heterocycles. The second-order valence-electron chi connectivity index (χ2n) is 5.93. The van der Waals surface area contributed by atoms with Crippen molar-refractivity contribution in [3.05, 3.63) is 71.3 Å². The van der Waals surface area contributed by atoms with Crippen LogP contribution in [0.3, 0.4) is 0 Å². The molecule has 0 amide bonds. The molecule has 2 aromatic rings. The average Bonchev–Trinajstić information content (AvgIpc) is 2.83. The van der Waals surface area contributed by atoms with Crippen LogP contribution in [0.25, 0.3) is 0 Å². The molecular weight excluding hydrogens is 258 g/mol. The van der Waals surface area contributed by atoms with Gasteiger partial charge in [-0.15, -0.1) is 0 Å². The third-order valence-corrected chi connectivity index (χ3v) is 4.27. The van der Waals surface area contributed by atoms with Gasteiger partial charge in [0.15, 0.2) is 5.78 Å². The van der Waals surface area contributed by atoms with Gasteiger partial charge in [0.1, 0.15) is 0 Å². The highest BCUT2D eigenvalue weighted by Gasteiger charge is 2.29. The Morgan fingerprint density at radius 1 is 1.05 bits per heavy atom. The topological polar surface area (TPSA) is 20.3 Å². The normalized spacial score (nSPS) is 17.2. The number of rotatable bonds is 5. The Labute approximate surface area is 126 Å². The molecule has 1 atom stereocenters. The van der Waals surface area contributed by atoms with E-state index in [-0.39, 0.29) is 5.92 Å². The van der Waals surface area contributed by atoms with Gasteiger partial charge < -0.3 is 4.90 Å². The van der Waals surface area contributed by atoms with Crippen LogP contribution in [0.5, 0.6) is 0 Å². The van der Waals surface area contributed by atoms with Gasteiger partial charge in [0.05, 0.1) is 0 Å². The zero-order valence-corrected chi connectivity index (χ0v) is 12.5. The predicted octanol–water partition coefficient (Wildman–Crippen LogP) is 3.56. The molecular formula is C19H21NO. The third-order valence-electron chi connectivity index (χ3n) is 4.27. The number of carbonyl (C=O) groups is 1. The summed E-state index contributed by atoms with van der Waals surface area (Å²) in [6.45, 7) is 1.90. The van der Waals surface area contributed by atoms with Gasteiger partial charge in [0.25, 0.3) is 0 Å². The van der Waals surface area contributed by atoms with Crippen molar-refractivity contribution >= 4 is 5.78 Å². The van der Waals surface area contributed by atoms with E-state index in [1.54, 1.807) is 0 Å². The molecule has 0 aromatic heterocycles. The summed E-state index contributed by atoms with van der Waals surface area (Å²) in [7, 11) is 2.12. The fourth-order valence-electron chi connectivity index (χ4n) is 3.10. The first kappa shape index (κ1) is 14.0. The van der Waals surface area contributed by atoms with Crippen molar-refractivity contribution in [1.82, 2.24) is 4.90 Å². The first-order chi connectivity index (χ1) is 10.2. The molecule has 0 fully saturated rings. The highest BCUT2D eigenvalue weighted by molar-refractivity contribution is 6.02. The van der Waals surface area contributed by atoms with Crippen LogP contribution in [0, 0.1) is 5.92 Å². The number of hydrogen-bond donors (Lipinski definition) is 0. The zero-order chi connectivity index (χ0) is 14.7. The molecule has 0 aliphatic heterocycles. The zero-order valence-electron chi connectivity index (χ0n) is 12.5. The molecule has 2 aromatic carbocycles. The summed E-state index contributed by atoms with van der Waals surface area (Å²) in [5.41, 5.74) is 3.48. The summed E-state index contributed by atoms with van der Waals surface area (Å²) in [6.07, 6.45) is 1.85. The standard InChI is InChI=1S/C19H21NO/c1-20(14-15-7-3-2-4-8-15)12-11-17-13-16-9-5-6-10-18(16)19(17)21/h2-10,17H,11-14H2,1H3. The second-order valence-corrected chi connectivity index (χ2v) is 5.93. The average molecular weight is 279 g/mol. The van der Waals surface area contributed by atoms with Gasteiger partial charge >= 0.3 is 0 Å². The summed E-state index contributed by atoms with van der Waals surface area (Å²) < 4.78 is 0. The van der Waals surface area contributed by atoms with E-state index in [4.69, 9.17) is 0 Å². The minimum atomic E-state index is 0.167. The van der Waals surface area contributed by atoms with E-state index in [1.165, 1.54) is 11.1 Å². The molecule has 3 rings (SSSR count). The molecule has 2 nitrogen and oxygen atoms in total. The van der Waals surface area contributed by atoms with Crippen molar-refractivity contribution in [1.29, 1.82) is 0 Å². The number of carbonyl (C=O) groups excluding carboxylic acids is 1. The van der Waals surface area contributed by atoms with Gasteiger partial charge in [-0.1, -0.05) is 54.6 Å². The van der Waals surface area contributed by atoms with Crippen LogP contribution >= 0.6 is 0 Å². The third kappa shape index (κ3) is 3.22. The maximum atomic E-state index is 12.3. The number of ketones is 1. The Hall–Kier alpha value is -1.93. The molecule has 1 unspecified atom stereocenters. The van der Waals surface area contributed by atoms with Crippen LogP contribution in [-0.2, 0) is 13.0 Å². The van der Waals surface area contributed by atoms with Gasteiger partial charge in [-0.05, 0) is 37.6 Å². The molecule has 1 aliphatic carbocycles. The van der Waals surface area contributed by atoms with E-state index in [2.05, 4.69) is 42.3 Å². The van der Waals surface area contributed by atoms with Gasteiger partial charge in [0.2, 0.25) is 0 Å². The fraction of sp³-hybridized carbons (Fsp3) is 0.316. The summed E-state index contributed by atoms with van der Waals surface area (Å²) in [5.74, 6) is 0.499. The highest BCUT2D eigenvalue weighted by atomic mass is 16.1. The Kier molecular flexibility index (Phi) is 4.16. The minimum absolute atomic E-state index is 0.167. The fourth-order valence-corrected chi connectivity index (χ4v) is 3.10. The summed E-state index contributed by atoms with van der Waals surface area (Å²) in [5, 5.41) is 0. The maximum absolute atomic E-state index is 12.3. The van der Waals surface area contributed by atoms with Crippen LogP contribution in [0.1, 0.15) is 27.9 Å². The number of benzene rings is 2. The summed E-state index contributed by atoms with van der Waals surface area (Å²) >= 11 is 0. The smallest absolute Gasteiger partial charge is 0.166 e. The lowest BCUT2D eigenvalue weighted by Crippen LogP contribution is -2.23. The molecule has 21 heavy (non-hydrogen) atoms. The van der Waals surface area contributed by atoms with Crippen LogP contribution in [0.4, 0.5) is 0 Å². The predicted molar refractivity (Wildman–Crippen MR) is 85.4 cm³/mol. The van der Waals surface area contributed by atoms with E-state index in [9.17, 15) is 4.79 Å². The summed E-state index contributed by atoms with van der Waals surface area (Å²) in [6, 6.07) is 18.5. The maximum Gasteiger partial charge on any atom is 0.166 e. The minimum Gasteiger partial charge on any atom is -0.302 e. The van der Waals surface area contributed by atoms with Crippen LogP contribution in [0.2, 0.25) is 0 Å². The van der Waals surface area contributed by atoms with Crippen molar-refractivity contribution in [2.45, 2.75) is 19.4 Å². The van der Waals surface area contributed by atoms with E-state index in [1.807, 2.05) is 24.3 Å². The monoisotopic (exact) mass is 279 g/mol. The van der Waals surface area contributed by atoms with E-state index < -0.39 is 0 Å². The molecule has 0 radical (unpaired) electrons. The first-order valence-electron chi connectivity index (χ1n) is 7.58. The van der Waals surface area contributed by atoms with Gasteiger partial charge in [-0.25, -0.2) is 0 Å². The van der Waals surface area contributed by atoms with Crippen molar-refractivity contribution in [2.24, 2.45) is 5.92 Å². The van der Waals surface area contributed by atoms with Crippen molar-refractivity contribution < 1.29 is 4.79 Å². The number of fused-ring (bicyclic) bond motifs is 1. The van der Waals surface area contributed by atoms with Crippen LogP contribution in [-0.4, -0.2) is 24.3 Å². The van der Waals surface area contributed by atoms with E-state index in [0.29, 0.717) is 5.78 Å². The van der Waals surface area contributed by atoms with Gasteiger partial charge in [-0.2, -0.15) is 0 Å². The Balaban J connectivity index is 1.54. The molecule has 0 N–H and O–H groups in total. The Morgan fingerprint density at radius 3 is 2.52 bits per heavy atom.